The van der Waals surface area contributed by atoms with Gasteiger partial charge in [0.2, 0.25) is 5.60 Å². The Morgan fingerprint density at radius 1 is 1.11 bits per heavy atom. The van der Waals surface area contributed by atoms with Crippen molar-refractivity contribution in [1.29, 1.82) is 0 Å². The molecule has 1 saturated carbocycles. The van der Waals surface area contributed by atoms with Gasteiger partial charge in [0.1, 0.15) is 0 Å². The van der Waals surface area contributed by atoms with Crippen LogP contribution in [0.4, 0.5) is 0 Å². The number of hydrogen-bond acceptors (Lipinski definition) is 5. The molecule has 2 unspecified atom stereocenters. The first-order chi connectivity index (χ1) is 16.7. The van der Waals surface area contributed by atoms with Gasteiger partial charge in [-0.25, -0.2) is 4.79 Å². The van der Waals surface area contributed by atoms with E-state index < -0.39 is 35.6 Å². The molecule has 35 heavy (non-hydrogen) atoms. The molecule has 1 saturated heterocycles. The molecule has 1 aromatic carbocycles. The van der Waals surface area contributed by atoms with Crippen LogP contribution in [0.3, 0.4) is 0 Å². The Balaban J connectivity index is 1.78. The number of aliphatic hydroxyl groups is 2. The monoisotopic (exact) mass is 479 g/mol. The first-order valence-electron chi connectivity index (χ1n) is 12.7. The van der Waals surface area contributed by atoms with Crippen LogP contribution in [-0.2, 0) is 20.7 Å². The van der Waals surface area contributed by atoms with Crippen molar-refractivity contribution in [3.63, 3.8) is 0 Å². The van der Waals surface area contributed by atoms with E-state index in [9.17, 15) is 19.8 Å². The molecule has 2 aliphatic heterocycles. The smallest absolute Gasteiger partial charge is 0.331 e. The molecular weight excluding hydrogens is 442 g/mol. The van der Waals surface area contributed by atoms with Gasteiger partial charge in [-0.2, -0.15) is 0 Å². The van der Waals surface area contributed by atoms with Gasteiger partial charge in [-0.15, -0.1) is 0 Å². The molecular formula is C29H37NO5. The second-order valence-electron chi connectivity index (χ2n) is 10.5. The van der Waals surface area contributed by atoms with Crippen molar-refractivity contribution in [2.45, 2.75) is 69.8 Å². The molecule has 3 aliphatic rings. The number of carbonyl (C=O) groups excluding carboxylic acids is 2. The number of hydrogen-bond donors (Lipinski definition) is 3. The van der Waals surface area contributed by atoms with E-state index >= 15 is 0 Å². The molecule has 8 atom stereocenters. The molecule has 4 rings (SSSR count). The summed E-state index contributed by atoms with van der Waals surface area (Å²) in [5.41, 5.74) is 0.136. The predicted octanol–water partition coefficient (Wildman–Crippen LogP) is 3.49. The quantitative estimate of drug-likeness (QED) is 0.446. The van der Waals surface area contributed by atoms with Gasteiger partial charge in [-0.05, 0) is 48.3 Å². The first kappa shape index (κ1) is 25.4. The van der Waals surface area contributed by atoms with Crippen LogP contribution < -0.4 is 5.32 Å². The summed E-state index contributed by atoms with van der Waals surface area (Å²) in [5.74, 6) is -2.13. The minimum atomic E-state index is -1.57. The van der Waals surface area contributed by atoms with Crippen LogP contribution in [0.2, 0.25) is 0 Å². The van der Waals surface area contributed by atoms with E-state index in [1.807, 2.05) is 49.4 Å². The molecule has 1 spiro atoms. The molecule has 2 fully saturated rings. The number of carbonyl (C=O) groups is 2. The third kappa shape index (κ3) is 5.00. The van der Waals surface area contributed by atoms with Gasteiger partial charge in [0, 0.05) is 18.0 Å². The molecule has 0 aromatic heterocycles. The molecule has 1 aromatic rings. The summed E-state index contributed by atoms with van der Waals surface area (Å²) >= 11 is 0. The van der Waals surface area contributed by atoms with Crippen molar-refractivity contribution in [3.8, 4) is 0 Å². The van der Waals surface area contributed by atoms with Crippen molar-refractivity contribution in [3.05, 3.63) is 72.4 Å². The number of amides is 1. The van der Waals surface area contributed by atoms with Crippen LogP contribution in [0.5, 0.6) is 0 Å². The summed E-state index contributed by atoms with van der Waals surface area (Å²) in [6.45, 7) is 8.27. The lowest BCUT2D eigenvalue weighted by molar-refractivity contribution is -0.182. The molecule has 0 bridgehead atoms. The van der Waals surface area contributed by atoms with E-state index in [1.54, 1.807) is 0 Å². The molecule has 1 aliphatic carbocycles. The summed E-state index contributed by atoms with van der Waals surface area (Å²) in [5, 5.41) is 24.7. The van der Waals surface area contributed by atoms with Gasteiger partial charge >= 0.3 is 5.97 Å². The highest BCUT2D eigenvalue weighted by atomic mass is 16.6. The van der Waals surface area contributed by atoms with Gasteiger partial charge in [-0.1, -0.05) is 75.8 Å². The van der Waals surface area contributed by atoms with Crippen LogP contribution >= 0.6 is 0 Å². The summed E-state index contributed by atoms with van der Waals surface area (Å²) in [6, 6.07) is 9.59. The maximum absolute atomic E-state index is 13.7. The van der Waals surface area contributed by atoms with E-state index in [1.165, 1.54) is 12.2 Å². The van der Waals surface area contributed by atoms with Crippen LogP contribution in [-0.4, -0.2) is 45.9 Å². The lowest BCUT2D eigenvalue weighted by atomic mass is 9.59. The highest BCUT2D eigenvalue weighted by Crippen LogP contribution is 2.52. The van der Waals surface area contributed by atoms with Gasteiger partial charge in [-0.3, -0.25) is 4.79 Å². The second kappa shape index (κ2) is 10.5. The van der Waals surface area contributed by atoms with Gasteiger partial charge in [0.15, 0.2) is 0 Å². The average Bonchev–Trinajstić information content (AvgIpc) is 3.09. The van der Waals surface area contributed by atoms with Crippen LogP contribution in [0.15, 0.2) is 66.8 Å². The molecule has 6 nitrogen and oxygen atoms in total. The molecule has 6 heteroatoms. The largest absolute Gasteiger partial charge is 0.445 e. The summed E-state index contributed by atoms with van der Waals surface area (Å²) in [7, 11) is 0. The topological polar surface area (TPSA) is 95.9 Å². The van der Waals surface area contributed by atoms with Crippen molar-refractivity contribution < 1.29 is 24.5 Å². The minimum absolute atomic E-state index is 0.262. The third-order valence-corrected chi connectivity index (χ3v) is 8.04. The fourth-order valence-corrected chi connectivity index (χ4v) is 6.09. The van der Waals surface area contributed by atoms with Crippen molar-refractivity contribution in [1.82, 2.24) is 5.32 Å². The summed E-state index contributed by atoms with van der Waals surface area (Å²) < 4.78 is 6.05. The van der Waals surface area contributed by atoms with Gasteiger partial charge < -0.3 is 20.3 Å². The Morgan fingerprint density at radius 2 is 1.86 bits per heavy atom. The minimum Gasteiger partial charge on any atom is -0.445 e. The van der Waals surface area contributed by atoms with Crippen molar-refractivity contribution in [2.75, 3.05) is 0 Å². The highest BCUT2D eigenvalue weighted by molar-refractivity contribution is 5.94. The van der Waals surface area contributed by atoms with Crippen LogP contribution in [0.1, 0.15) is 45.1 Å². The van der Waals surface area contributed by atoms with Crippen molar-refractivity contribution >= 4 is 11.9 Å². The number of rotatable bonds is 2. The third-order valence-electron chi connectivity index (χ3n) is 8.04. The predicted molar refractivity (Wildman–Crippen MR) is 134 cm³/mol. The standard InChI is InChI=1S/C29H37NO5/c1-18-9-7-13-22(31)15-16-25(32)35-29-23(14-8-10-18)27(33)20(3)19(2)26(29)24(30-28(29)34)17-21-11-5-4-6-12-21/h4-6,8,11-12,14-16,18-19,22-24,26-27,31,33H,3,7,9-10,13,17H2,1-2H3,(H,30,34)/t18-,19-,22+,23?,24+,26+,27-,29?/m1/s1. The number of benzene rings is 1. The zero-order chi connectivity index (χ0) is 25.2. The fourth-order valence-electron chi connectivity index (χ4n) is 6.09. The van der Waals surface area contributed by atoms with Crippen molar-refractivity contribution in [2.24, 2.45) is 23.7 Å². The molecule has 1 amide bonds. The average molecular weight is 480 g/mol. The van der Waals surface area contributed by atoms with E-state index in [2.05, 4.69) is 18.8 Å². The Morgan fingerprint density at radius 3 is 2.60 bits per heavy atom. The Bertz CT molecular complexity index is 1000. The molecule has 0 radical (unpaired) electrons. The highest BCUT2D eigenvalue weighted by Gasteiger charge is 2.67. The van der Waals surface area contributed by atoms with Gasteiger partial charge in [0.05, 0.1) is 18.1 Å². The Kier molecular flexibility index (Phi) is 7.62. The van der Waals surface area contributed by atoms with Crippen LogP contribution in [0, 0.1) is 23.7 Å². The molecule has 3 N–H and O–H groups in total. The first-order valence-corrected chi connectivity index (χ1v) is 12.7. The lowest BCUT2D eigenvalue weighted by Crippen LogP contribution is -2.61. The number of esters is 1. The number of aliphatic hydroxyl groups excluding tert-OH is 2. The number of ether oxygens (including phenoxy) is 1. The maximum atomic E-state index is 13.7. The number of nitrogens with one attached hydrogen (secondary N) is 1. The normalized spacial score (nSPS) is 38.2. The van der Waals surface area contributed by atoms with Crippen LogP contribution in [0.25, 0.3) is 0 Å². The summed E-state index contributed by atoms with van der Waals surface area (Å²) in [4.78, 5) is 26.8. The summed E-state index contributed by atoms with van der Waals surface area (Å²) in [6.07, 6.45) is 8.39. The Labute approximate surface area is 207 Å². The fraction of sp³-hybridized carbons (Fsp3) is 0.517. The zero-order valence-electron chi connectivity index (χ0n) is 20.6. The molecule has 2 heterocycles. The second-order valence-corrected chi connectivity index (χ2v) is 10.5. The van der Waals surface area contributed by atoms with E-state index in [-0.39, 0.29) is 17.9 Å². The SMILES string of the molecule is C=C1[C@@H](O)C2C=CC[C@H](C)CCC[C@H](O)C=CC(=O)OC23C(=O)N[C@@H](Cc2ccccc2)[C@@H]3[C@@H]1C. The Hall–Kier alpha value is -2.70. The maximum Gasteiger partial charge on any atom is 0.331 e. The van der Waals surface area contributed by atoms with E-state index in [0.29, 0.717) is 24.3 Å². The molecule has 188 valence electrons. The lowest BCUT2D eigenvalue weighted by Gasteiger charge is -2.49. The van der Waals surface area contributed by atoms with E-state index in [4.69, 9.17) is 4.74 Å². The van der Waals surface area contributed by atoms with E-state index in [0.717, 1.165) is 24.8 Å². The zero-order valence-corrected chi connectivity index (χ0v) is 20.6. The van der Waals surface area contributed by atoms with Gasteiger partial charge in [0.25, 0.3) is 5.91 Å². The number of allylic oxidation sites excluding steroid dienone is 1.